The second kappa shape index (κ2) is 10.2. The van der Waals surface area contributed by atoms with E-state index in [2.05, 4.69) is 15.5 Å². The summed E-state index contributed by atoms with van der Waals surface area (Å²) < 4.78 is 10.8. The molecule has 0 fully saturated rings. The molecule has 8 heteroatoms. The van der Waals surface area contributed by atoms with Crippen molar-refractivity contribution in [3.8, 4) is 5.75 Å². The van der Waals surface area contributed by atoms with Gasteiger partial charge in [0.25, 0.3) is 0 Å². The highest BCUT2D eigenvalue weighted by Crippen LogP contribution is 2.23. The Labute approximate surface area is 160 Å². The minimum absolute atomic E-state index is 0.224. The summed E-state index contributed by atoms with van der Waals surface area (Å²) in [5.41, 5.74) is 1.02. The molecule has 1 aromatic rings. The standard InChI is InChI=1S/C16H22ClN3O4.C2H6/c1-10-5-6-13(14(17)19-10)22-9-12-7-11(20-24-12)8-18-15(21)23-16(2,3)4;1-2/h5-6,12H,7-9H2,1-4H3,(H,18,21);1-2H3. The number of ether oxygens (including phenoxy) is 2. The maximum atomic E-state index is 11.6. The summed E-state index contributed by atoms with van der Waals surface area (Å²) in [6.45, 7) is 11.8. The second-order valence-electron chi connectivity index (χ2n) is 6.50. The number of rotatable bonds is 5. The van der Waals surface area contributed by atoms with Crippen LogP contribution in [0, 0.1) is 6.92 Å². The summed E-state index contributed by atoms with van der Waals surface area (Å²) in [5, 5.41) is 6.92. The second-order valence-corrected chi connectivity index (χ2v) is 6.86. The van der Waals surface area contributed by atoms with Crippen LogP contribution in [0.5, 0.6) is 5.75 Å². The number of aromatic nitrogens is 1. The molecule has 1 amide bonds. The average Bonchev–Trinajstić information content (AvgIpc) is 3.00. The third kappa shape index (κ3) is 7.91. The van der Waals surface area contributed by atoms with E-state index in [1.165, 1.54) is 0 Å². The third-order valence-corrected chi connectivity index (χ3v) is 3.28. The average molecular weight is 386 g/mol. The first-order valence-corrected chi connectivity index (χ1v) is 9.05. The van der Waals surface area contributed by atoms with Crippen molar-refractivity contribution in [3.05, 3.63) is 23.0 Å². The minimum atomic E-state index is -0.532. The SMILES string of the molecule is CC.Cc1ccc(OCC2CC(CNC(=O)OC(C)(C)C)=NO2)c(Cl)n1. The number of nitrogens with zero attached hydrogens (tertiary/aromatic N) is 2. The lowest BCUT2D eigenvalue weighted by atomic mass is 10.2. The van der Waals surface area contributed by atoms with Gasteiger partial charge in [-0.2, -0.15) is 0 Å². The number of hydrogen-bond acceptors (Lipinski definition) is 6. The molecule has 7 nitrogen and oxygen atoms in total. The van der Waals surface area contributed by atoms with E-state index in [1.54, 1.807) is 26.8 Å². The summed E-state index contributed by atoms with van der Waals surface area (Å²) in [6.07, 6.45) is -0.146. The summed E-state index contributed by atoms with van der Waals surface area (Å²) in [4.78, 5) is 21.0. The Hall–Kier alpha value is -2.02. The lowest BCUT2D eigenvalue weighted by Crippen LogP contribution is -2.35. The molecule has 0 aliphatic carbocycles. The lowest BCUT2D eigenvalue weighted by molar-refractivity contribution is 0.0470. The van der Waals surface area contributed by atoms with Crippen molar-refractivity contribution in [3.63, 3.8) is 0 Å². The van der Waals surface area contributed by atoms with Gasteiger partial charge in [-0.1, -0.05) is 30.6 Å². The van der Waals surface area contributed by atoms with Gasteiger partial charge in [0.05, 0.1) is 12.3 Å². The Kier molecular flexibility index (Phi) is 8.65. The topological polar surface area (TPSA) is 82.0 Å². The van der Waals surface area contributed by atoms with Gasteiger partial charge in [0.15, 0.2) is 17.0 Å². The van der Waals surface area contributed by atoms with E-state index in [9.17, 15) is 4.79 Å². The largest absolute Gasteiger partial charge is 0.486 e. The third-order valence-electron chi connectivity index (χ3n) is 3.01. The van der Waals surface area contributed by atoms with E-state index >= 15 is 0 Å². The monoisotopic (exact) mass is 385 g/mol. The van der Waals surface area contributed by atoms with E-state index in [0.29, 0.717) is 23.9 Å². The van der Waals surface area contributed by atoms with Gasteiger partial charge in [-0.25, -0.2) is 9.78 Å². The number of pyridine rings is 1. The van der Waals surface area contributed by atoms with Crippen LogP contribution in [0.1, 0.15) is 46.7 Å². The van der Waals surface area contributed by atoms with E-state index in [0.717, 1.165) is 11.4 Å². The first kappa shape index (κ1) is 22.0. The van der Waals surface area contributed by atoms with Crippen LogP contribution in [0.2, 0.25) is 5.15 Å². The van der Waals surface area contributed by atoms with Crippen LogP contribution in [0.3, 0.4) is 0 Å². The molecule has 0 radical (unpaired) electrons. The zero-order valence-corrected chi connectivity index (χ0v) is 17.0. The van der Waals surface area contributed by atoms with Crippen LogP contribution in [0.4, 0.5) is 4.79 Å². The molecule has 1 atom stereocenters. The van der Waals surface area contributed by atoms with Crippen LogP contribution in [-0.4, -0.2) is 41.6 Å². The fourth-order valence-electron chi connectivity index (χ4n) is 1.97. The van der Waals surface area contributed by atoms with Gasteiger partial charge in [0.1, 0.15) is 12.2 Å². The molecule has 1 aromatic heterocycles. The normalized spacial score (nSPS) is 16.0. The summed E-state index contributed by atoms with van der Waals surface area (Å²) in [5.74, 6) is 0.506. The molecule has 0 bridgehead atoms. The van der Waals surface area contributed by atoms with Gasteiger partial charge >= 0.3 is 6.09 Å². The first-order chi connectivity index (χ1) is 12.2. The van der Waals surface area contributed by atoms with E-state index in [1.807, 2.05) is 26.8 Å². The number of oxime groups is 1. The molecule has 1 aliphatic rings. The Morgan fingerprint density at radius 3 is 2.69 bits per heavy atom. The van der Waals surface area contributed by atoms with Gasteiger partial charge in [-0.05, 0) is 39.8 Å². The number of carbonyl (C=O) groups excluding carboxylic acids is 1. The molecule has 0 saturated heterocycles. The van der Waals surface area contributed by atoms with E-state index in [4.69, 9.17) is 25.9 Å². The molecule has 1 N–H and O–H groups in total. The van der Waals surface area contributed by atoms with Crippen LogP contribution in [0.15, 0.2) is 17.3 Å². The molecule has 26 heavy (non-hydrogen) atoms. The van der Waals surface area contributed by atoms with Crippen molar-refractivity contribution in [1.29, 1.82) is 0 Å². The van der Waals surface area contributed by atoms with Gasteiger partial charge in [0, 0.05) is 12.1 Å². The lowest BCUT2D eigenvalue weighted by Gasteiger charge is -2.19. The van der Waals surface area contributed by atoms with Crippen molar-refractivity contribution in [1.82, 2.24) is 10.3 Å². The maximum absolute atomic E-state index is 11.6. The number of halogens is 1. The minimum Gasteiger partial charge on any atom is -0.486 e. The van der Waals surface area contributed by atoms with Gasteiger partial charge in [0.2, 0.25) is 0 Å². The Balaban J connectivity index is 0.00000163. The Morgan fingerprint density at radius 2 is 2.08 bits per heavy atom. The van der Waals surface area contributed by atoms with Crippen molar-refractivity contribution in [2.75, 3.05) is 13.2 Å². The number of nitrogens with one attached hydrogen (secondary N) is 1. The molecule has 0 saturated carbocycles. The summed E-state index contributed by atoms with van der Waals surface area (Å²) >= 11 is 6.01. The highest BCUT2D eigenvalue weighted by atomic mass is 35.5. The molecular formula is C18H28ClN3O4. The van der Waals surface area contributed by atoms with Crippen LogP contribution in [0.25, 0.3) is 0 Å². The predicted octanol–water partition coefficient (Wildman–Crippen LogP) is 4.12. The van der Waals surface area contributed by atoms with Crippen LogP contribution in [-0.2, 0) is 9.57 Å². The number of hydrogen-bond donors (Lipinski definition) is 1. The van der Waals surface area contributed by atoms with E-state index in [-0.39, 0.29) is 12.6 Å². The number of aryl methyl sites for hydroxylation is 1. The van der Waals surface area contributed by atoms with Crippen molar-refractivity contribution in [2.24, 2.45) is 5.16 Å². The van der Waals surface area contributed by atoms with Gasteiger partial charge in [-0.15, -0.1) is 0 Å². The zero-order chi connectivity index (χ0) is 19.7. The first-order valence-electron chi connectivity index (χ1n) is 8.67. The maximum Gasteiger partial charge on any atom is 0.407 e. The van der Waals surface area contributed by atoms with E-state index < -0.39 is 11.7 Å². The molecule has 0 spiro atoms. The number of carbonyl (C=O) groups is 1. The quantitative estimate of drug-likeness (QED) is 0.771. The van der Waals surface area contributed by atoms with Crippen molar-refractivity contribution in [2.45, 2.75) is 59.7 Å². The Bertz CT molecular complexity index is 629. The van der Waals surface area contributed by atoms with Crippen molar-refractivity contribution < 1.29 is 19.1 Å². The molecule has 146 valence electrons. The zero-order valence-electron chi connectivity index (χ0n) is 16.3. The highest BCUT2D eigenvalue weighted by molar-refractivity contribution is 6.30. The van der Waals surface area contributed by atoms with Crippen LogP contribution >= 0.6 is 11.6 Å². The van der Waals surface area contributed by atoms with Crippen LogP contribution < -0.4 is 10.1 Å². The number of amides is 1. The van der Waals surface area contributed by atoms with Gasteiger partial charge in [-0.3, -0.25) is 0 Å². The molecule has 2 rings (SSSR count). The number of alkyl carbamates (subject to hydrolysis) is 1. The fraction of sp³-hybridized carbons (Fsp3) is 0.611. The molecular weight excluding hydrogens is 358 g/mol. The molecule has 1 aliphatic heterocycles. The fourth-order valence-corrected chi connectivity index (χ4v) is 2.22. The molecule has 2 heterocycles. The predicted molar refractivity (Wildman–Crippen MR) is 102 cm³/mol. The Morgan fingerprint density at radius 1 is 1.38 bits per heavy atom. The molecule has 1 unspecified atom stereocenters. The highest BCUT2D eigenvalue weighted by Gasteiger charge is 2.23. The summed E-state index contributed by atoms with van der Waals surface area (Å²) in [7, 11) is 0. The van der Waals surface area contributed by atoms with Gasteiger partial charge < -0.3 is 19.6 Å². The van der Waals surface area contributed by atoms with Crippen molar-refractivity contribution >= 4 is 23.4 Å². The smallest absolute Gasteiger partial charge is 0.407 e. The molecule has 0 aromatic carbocycles. The summed E-state index contributed by atoms with van der Waals surface area (Å²) in [6, 6.07) is 3.59.